The van der Waals surface area contributed by atoms with Gasteiger partial charge in [0.2, 0.25) is 5.91 Å². The number of aliphatic hydroxyl groups excluding tert-OH is 1. The second kappa shape index (κ2) is 14.7. The highest BCUT2D eigenvalue weighted by Crippen LogP contribution is 2.39. The molecule has 3 aromatic carbocycles. The number of carbonyl (C=O) groups is 2. The Kier molecular flexibility index (Phi) is 10.8. The van der Waals surface area contributed by atoms with E-state index in [0.29, 0.717) is 13.0 Å². The molecule has 1 heterocycles. The van der Waals surface area contributed by atoms with Gasteiger partial charge in [-0.1, -0.05) is 66.7 Å². The van der Waals surface area contributed by atoms with Crippen LogP contribution in [-0.4, -0.2) is 53.2 Å². The molecule has 216 valence electrons. The zero-order valence-electron chi connectivity index (χ0n) is 23.4. The highest BCUT2D eigenvalue weighted by Gasteiger charge is 2.32. The molecule has 8 heteroatoms. The van der Waals surface area contributed by atoms with E-state index in [4.69, 9.17) is 14.6 Å². The maximum absolute atomic E-state index is 12.0. The van der Waals surface area contributed by atoms with Crippen molar-refractivity contribution in [2.24, 2.45) is 0 Å². The average molecular weight is 559 g/mol. The number of likely N-dealkylation sites (N-methyl/N-ethyl adjacent to an activating group) is 1. The second-order valence-electron chi connectivity index (χ2n) is 10.4. The summed E-state index contributed by atoms with van der Waals surface area (Å²) in [6.07, 6.45) is 1.56. The fourth-order valence-corrected chi connectivity index (χ4v) is 4.91. The van der Waals surface area contributed by atoms with E-state index in [1.54, 1.807) is 0 Å². The number of amides is 1. The number of hydrogen-bond donors (Lipinski definition) is 3. The topological polar surface area (TPSA) is 108 Å². The SMILES string of the molecule is C=CCN(C)C[C@H]1C[C@@H](c2ccc(CO)cc2)O[C@@H](c2cccc(-c3cccc(CNC(=O)CCC(=O)O)c3)c2)O1. The van der Waals surface area contributed by atoms with Crippen LogP contribution in [0.15, 0.2) is 85.5 Å². The third kappa shape index (κ3) is 8.83. The zero-order valence-corrected chi connectivity index (χ0v) is 23.4. The van der Waals surface area contributed by atoms with Gasteiger partial charge in [-0.25, -0.2) is 0 Å². The number of nitrogens with one attached hydrogen (secondary N) is 1. The van der Waals surface area contributed by atoms with Gasteiger partial charge >= 0.3 is 5.97 Å². The number of rotatable bonds is 13. The van der Waals surface area contributed by atoms with E-state index >= 15 is 0 Å². The first kappa shape index (κ1) is 30.1. The van der Waals surface area contributed by atoms with Crippen molar-refractivity contribution in [3.05, 3.63) is 108 Å². The van der Waals surface area contributed by atoms with Crippen LogP contribution in [0.3, 0.4) is 0 Å². The molecular formula is C33H38N2O6. The van der Waals surface area contributed by atoms with Gasteiger partial charge in [-0.05, 0) is 47.0 Å². The average Bonchev–Trinajstić information content (AvgIpc) is 2.99. The lowest BCUT2D eigenvalue weighted by molar-refractivity contribution is -0.252. The first-order chi connectivity index (χ1) is 19.8. The van der Waals surface area contributed by atoms with Gasteiger partial charge in [0.05, 0.1) is 25.2 Å². The summed E-state index contributed by atoms with van der Waals surface area (Å²) in [4.78, 5) is 24.9. The Morgan fingerprint density at radius 1 is 0.976 bits per heavy atom. The quantitative estimate of drug-likeness (QED) is 0.254. The normalized spacial score (nSPS) is 18.7. The molecule has 0 radical (unpaired) electrons. The highest BCUT2D eigenvalue weighted by molar-refractivity contribution is 5.80. The van der Waals surface area contributed by atoms with Crippen molar-refractivity contribution in [2.45, 2.75) is 50.9 Å². The molecule has 3 aromatic rings. The minimum absolute atomic E-state index is 0.00238. The summed E-state index contributed by atoms with van der Waals surface area (Å²) in [7, 11) is 2.04. The Balaban J connectivity index is 1.52. The lowest BCUT2D eigenvalue weighted by Crippen LogP contribution is -2.37. The van der Waals surface area contributed by atoms with Gasteiger partial charge in [0.15, 0.2) is 6.29 Å². The van der Waals surface area contributed by atoms with Crippen molar-refractivity contribution >= 4 is 11.9 Å². The van der Waals surface area contributed by atoms with E-state index in [1.165, 1.54) is 0 Å². The molecule has 1 aliphatic rings. The maximum Gasteiger partial charge on any atom is 0.303 e. The van der Waals surface area contributed by atoms with E-state index < -0.39 is 12.3 Å². The van der Waals surface area contributed by atoms with Crippen molar-refractivity contribution in [1.29, 1.82) is 0 Å². The van der Waals surface area contributed by atoms with Gasteiger partial charge < -0.3 is 29.9 Å². The standard InChI is InChI=1S/C33H38N2O6/c1-3-16-35(2)21-29-19-30(25-12-10-23(22-36)11-13-25)41-33(40-29)28-9-5-8-27(18-28)26-7-4-6-24(17-26)20-34-31(37)14-15-32(38)39/h3-13,17-18,29-30,33,36H,1,14-16,19-22H2,2H3,(H,34,37)(H,38,39)/t29-,30+,33+/m1/s1. The van der Waals surface area contributed by atoms with E-state index in [1.807, 2.05) is 79.9 Å². The van der Waals surface area contributed by atoms with Crippen LogP contribution >= 0.6 is 0 Å². The lowest BCUT2D eigenvalue weighted by atomic mass is 9.98. The monoisotopic (exact) mass is 558 g/mol. The summed E-state index contributed by atoms with van der Waals surface area (Å²) >= 11 is 0. The minimum atomic E-state index is -0.992. The van der Waals surface area contributed by atoms with Crippen molar-refractivity contribution in [3.63, 3.8) is 0 Å². The molecule has 0 unspecified atom stereocenters. The predicted octanol–water partition coefficient (Wildman–Crippen LogP) is 4.99. The van der Waals surface area contributed by atoms with Gasteiger partial charge in [-0.15, -0.1) is 6.58 Å². The van der Waals surface area contributed by atoms with Crippen LogP contribution in [0.2, 0.25) is 0 Å². The van der Waals surface area contributed by atoms with Gasteiger partial charge in [-0.3, -0.25) is 9.59 Å². The van der Waals surface area contributed by atoms with E-state index in [0.717, 1.165) is 46.5 Å². The highest BCUT2D eigenvalue weighted by atomic mass is 16.7. The molecule has 0 bridgehead atoms. The molecule has 1 aliphatic heterocycles. The lowest BCUT2D eigenvalue weighted by Gasteiger charge is -2.37. The molecule has 0 spiro atoms. The third-order valence-corrected chi connectivity index (χ3v) is 7.05. The molecule has 0 saturated carbocycles. The van der Waals surface area contributed by atoms with Crippen molar-refractivity contribution < 1.29 is 29.3 Å². The summed E-state index contributed by atoms with van der Waals surface area (Å²) in [6.45, 7) is 5.65. The first-order valence-electron chi connectivity index (χ1n) is 13.8. The van der Waals surface area contributed by atoms with Crippen molar-refractivity contribution in [1.82, 2.24) is 10.2 Å². The first-order valence-corrected chi connectivity index (χ1v) is 13.8. The van der Waals surface area contributed by atoms with Crippen LogP contribution in [0.1, 0.15) is 53.9 Å². The van der Waals surface area contributed by atoms with Gasteiger partial charge in [0, 0.05) is 38.0 Å². The van der Waals surface area contributed by atoms with Gasteiger partial charge in [-0.2, -0.15) is 0 Å². The summed E-state index contributed by atoms with van der Waals surface area (Å²) in [5, 5.41) is 21.0. The molecule has 3 N–H and O–H groups in total. The number of ether oxygens (including phenoxy) is 2. The Morgan fingerprint density at radius 2 is 1.71 bits per heavy atom. The second-order valence-corrected chi connectivity index (χ2v) is 10.4. The molecule has 41 heavy (non-hydrogen) atoms. The van der Waals surface area contributed by atoms with Crippen LogP contribution in [0.4, 0.5) is 0 Å². The van der Waals surface area contributed by atoms with Crippen molar-refractivity contribution in [3.8, 4) is 11.1 Å². The molecule has 0 aliphatic carbocycles. The Hall–Kier alpha value is -3.82. The molecule has 1 amide bonds. The molecule has 4 rings (SSSR count). The van der Waals surface area contributed by atoms with Crippen LogP contribution < -0.4 is 5.32 Å². The number of carboxylic acid groups (broad SMARTS) is 1. The summed E-state index contributed by atoms with van der Waals surface area (Å²) in [5.41, 5.74) is 5.69. The molecule has 1 fully saturated rings. The number of nitrogens with zero attached hydrogens (tertiary/aromatic N) is 1. The van der Waals surface area contributed by atoms with Crippen LogP contribution in [0, 0.1) is 0 Å². The summed E-state index contributed by atoms with van der Waals surface area (Å²) in [6, 6.07) is 23.8. The molecular weight excluding hydrogens is 520 g/mol. The number of aliphatic carboxylic acids is 1. The summed E-state index contributed by atoms with van der Waals surface area (Å²) < 4.78 is 13.0. The third-order valence-electron chi connectivity index (χ3n) is 7.05. The van der Waals surface area contributed by atoms with E-state index in [2.05, 4.69) is 22.9 Å². The smallest absolute Gasteiger partial charge is 0.303 e. The number of carbonyl (C=O) groups excluding carboxylic acids is 1. The van der Waals surface area contributed by atoms with Gasteiger partial charge in [0.25, 0.3) is 0 Å². The fraction of sp³-hybridized carbons (Fsp3) is 0.333. The number of benzene rings is 3. The van der Waals surface area contributed by atoms with Crippen LogP contribution in [0.25, 0.3) is 11.1 Å². The Morgan fingerprint density at radius 3 is 2.41 bits per heavy atom. The number of carboxylic acids is 1. The number of aliphatic hydroxyl groups is 1. The molecule has 3 atom stereocenters. The van der Waals surface area contributed by atoms with Crippen molar-refractivity contribution in [2.75, 3.05) is 20.1 Å². The number of hydrogen-bond acceptors (Lipinski definition) is 6. The Bertz CT molecular complexity index is 1330. The van der Waals surface area contributed by atoms with Gasteiger partial charge in [0.1, 0.15) is 0 Å². The van der Waals surface area contributed by atoms with Crippen LogP contribution in [0.5, 0.6) is 0 Å². The molecule has 0 aromatic heterocycles. The molecule has 1 saturated heterocycles. The largest absolute Gasteiger partial charge is 0.481 e. The minimum Gasteiger partial charge on any atom is -0.481 e. The molecule has 8 nitrogen and oxygen atoms in total. The van der Waals surface area contributed by atoms with Crippen LogP contribution in [-0.2, 0) is 32.2 Å². The zero-order chi connectivity index (χ0) is 29.2. The Labute approximate surface area is 241 Å². The van der Waals surface area contributed by atoms with E-state index in [-0.39, 0.29) is 37.6 Å². The predicted molar refractivity (Wildman–Crippen MR) is 157 cm³/mol. The summed E-state index contributed by atoms with van der Waals surface area (Å²) in [5.74, 6) is -1.28. The maximum atomic E-state index is 12.0. The fourth-order valence-electron chi connectivity index (χ4n) is 4.91. The van der Waals surface area contributed by atoms with E-state index in [9.17, 15) is 14.7 Å².